The van der Waals surface area contributed by atoms with Crippen LogP contribution in [0.25, 0.3) is 10.8 Å². The zero-order chi connectivity index (χ0) is 12.8. The van der Waals surface area contributed by atoms with E-state index in [-0.39, 0.29) is 0 Å². The van der Waals surface area contributed by atoms with Crippen molar-refractivity contribution in [1.29, 1.82) is 0 Å². The second kappa shape index (κ2) is 4.05. The van der Waals surface area contributed by atoms with Crippen LogP contribution in [0.1, 0.15) is 25.7 Å². The summed E-state index contributed by atoms with van der Waals surface area (Å²) in [5.74, 6) is 0.308. The molecule has 0 bridgehead atoms. The molecule has 0 unspecified atom stereocenters. The zero-order valence-corrected chi connectivity index (χ0v) is 10.7. The fourth-order valence-corrected chi connectivity index (χ4v) is 3.30. The van der Waals surface area contributed by atoms with Crippen molar-refractivity contribution in [2.24, 2.45) is 9.98 Å². The van der Waals surface area contributed by atoms with Crippen LogP contribution in [-0.4, -0.2) is 17.2 Å². The van der Waals surface area contributed by atoms with Crippen molar-refractivity contribution >= 4 is 10.8 Å². The van der Waals surface area contributed by atoms with Crippen LogP contribution in [0.3, 0.4) is 0 Å². The SMILES string of the molecule is Oc1cc2c(c3ccccc13)=N[C@@H]1CCCC[C@@H]1N=2. The Morgan fingerprint density at radius 3 is 2.42 bits per heavy atom. The lowest BCUT2D eigenvalue weighted by atomic mass is 9.90. The smallest absolute Gasteiger partial charge is 0.125 e. The number of fused-ring (bicyclic) bond motifs is 4. The van der Waals surface area contributed by atoms with Crippen LogP contribution in [0, 0.1) is 0 Å². The van der Waals surface area contributed by atoms with E-state index in [4.69, 9.17) is 9.98 Å². The molecular formula is C16H16N2O. The van der Waals surface area contributed by atoms with Gasteiger partial charge in [-0.15, -0.1) is 0 Å². The Labute approximate surface area is 111 Å². The van der Waals surface area contributed by atoms with Crippen LogP contribution in [0.15, 0.2) is 40.3 Å². The molecule has 19 heavy (non-hydrogen) atoms. The molecule has 1 saturated carbocycles. The van der Waals surface area contributed by atoms with Gasteiger partial charge in [-0.3, -0.25) is 9.98 Å². The van der Waals surface area contributed by atoms with Crippen molar-refractivity contribution in [3.63, 3.8) is 0 Å². The molecule has 1 N–H and O–H groups in total. The van der Waals surface area contributed by atoms with Crippen molar-refractivity contribution < 1.29 is 5.11 Å². The highest BCUT2D eigenvalue weighted by Crippen LogP contribution is 2.26. The third-order valence-corrected chi connectivity index (χ3v) is 4.27. The first-order valence-electron chi connectivity index (χ1n) is 6.99. The van der Waals surface area contributed by atoms with E-state index in [1.165, 1.54) is 12.8 Å². The van der Waals surface area contributed by atoms with Gasteiger partial charge in [0.1, 0.15) is 5.75 Å². The molecule has 0 radical (unpaired) electrons. The molecular weight excluding hydrogens is 236 g/mol. The molecule has 1 aliphatic carbocycles. The number of phenols is 1. The van der Waals surface area contributed by atoms with E-state index < -0.39 is 0 Å². The Kier molecular flexibility index (Phi) is 2.34. The number of rotatable bonds is 0. The highest BCUT2D eigenvalue weighted by Gasteiger charge is 2.26. The molecule has 2 aromatic rings. The molecule has 2 aromatic carbocycles. The standard InChI is InChI=1S/C16H16N2O/c19-15-9-14-16(11-6-2-1-5-10(11)15)18-13-8-4-3-7-12(13)17-14/h1-2,5-6,9,12-13,19H,3-4,7-8H2/t12-,13+/m0/s1. The zero-order valence-electron chi connectivity index (χ0n) is 10.7. The molecule has 4 rings (SSSR count). The average molecular weight is 252 g/mol. The van der Waals surface area contributed by atoms with E-state index in [0.29, 0.717) is 17.8 Å². The summed E-state index contributed by atoms with van der Waals surface area (Å²) >= 11 is 0. The van der Waals surface area contributed by atoms with Crippen molar-refractivity contribution in [3.05, 3.63) is 41.0 Å². The lowest BCUT2D eigenvalue weighted by molar-refractivity contribution is 0.369. The number of hydrogen-bond acceptors (Lipinski definition) is 3. The highest BCUT2D eigenvalue weighted by atomic mass is 16.3. The fraction of sp³-hybridized carbons (Fsp3) is 0.375. The van der Waals surface area contributed by atoms with Crippen LogP contribution in [0.4, 0.5) is 0 Å². The average Bonchev–Trinajstić information content (AvgIpc) is 2.46. The molecule has 3 heteroatoms. The van der Waals surface area contributed by atoms with E-state index in [1.807, 2.05) is 24.3 Å². The fourth-order valence-electron chi connectivity index (χ4n) is 3.30. The summed E-state index contributed by atoms with van der Waals surface area (Å²) < 4.78 is 0. The van der Waals surface area contributed by atoms with Crippen molar-refractivity contribution in [2.45, 2.75) is 37.8 Å². The first kappa shape index (κ1) is 11.0. The molecule has 3 nitrogen and oxygen atoms in total. The first-order chi connectivity index (χ1) is 9.33. The van der Waals surface area contributed by atoms with Gasteiger partial charge in [0.25, 0.3) is 0 Å². The quantitative estimate of drug-likeness (QED) is 0.767. The summed E-state index contributed by atoms with van der Waals surface area (Å²) in [6.45, 7) is 0. The Bertz CT molecular complexity index is 766. The Balaban J connectivity index is 2.08. The van der Waals surface area contributed by atoms with Gasteiger partial charge in [-0.05, 0) is 12.8 Å². The maximum atomic E-state index is 10.1. The summed E-state index contributed by atoms with van der Waals surface area (Å²) in [6, 6.07) is 10.3. The molecule has 2 atom stereocenters. The Hall–Kier alpha value is -1.90. The summed E-state index contributed by atoms with van der Waals surface area (Å²) in [7, 11) is 0. The van der Waals surface area contributed by atoms with E-state index in [1.54, 1.807) is 6.07 Å². The van der Waals surface area contributed by atoms with Crippen LogP contribution >= 0.6 is 0 Å². The van der Waals surface area contributed by atoms with E-state index in [2.05, 4.69) is 0 Å². The summed E-state index contributed by atoms with van der Waals surface area (Å²) in [4.78, 5) is 9.76. The monoisotopic (exact) mass is 252 g/mol. The molecule has 0 spiro atoms. The maximum absolute atomic E-state index is 10.1. The lowest BCUT2D eigenvalue weighted by Gasteiger charge is -2.27. The number of hydrogen-bond donors (Lipinski definition) is 1. The summed E-state index contributed by atoms with van der Waals surface area (Å²) in [5.41, 5.74) is 0. The molecule has 96 valence electrons. The van der Waals surface area contributed by atoms with Gasteiger partial charge in [0.15, 0.2) is 0 Å². The van der Waals surface area contributed by atoms with Gasteiger partial charge in [0.2, 0.25) is 0 Å². The normalized spacial score (nSPS) is 25.1. The van der Waals surface area contributed by atoms with E-state index in [0.717, 1.165) is 34.3 Å². The van der Waals surface area contributed by atoms with E-state index in [9.17, 15) is 5.11 Å². The van der Waals surface area contributed by atoms with Crippen LogP contribution in [-0.2, 0) is 0 Å². The van der Waals surface area contributed by atoms with Gasteiger partial charge in [-0.2, -0.15) is 0 Å². The number of benzene rings is 2. The molecule has 0 aromatic heterocycles. The number of aromatic hydroxyl groups is 1. The molecule has 0 amide bonds. The predicted molar refractivity (Wildman–Crippen MR) is 74.0 cm³/mol. The minimum atomic E-state index is 0.308. The van der Waals surface area contributed by atoms with Gasteiger partial charge in [0, 0.05) is 16.8 Å². The van der Waals surface area contributed by atoms with Crippen LogP contribution in [0.5, 0.6) is 5.75 Å². The number of nitrogens with zero attached hydrogens (tertiary/aromatic N) is 2. The predicted octanol–water partition coefficient (Wildman–Crippen LogP) is 2.11. The minimum absolute atomic E-state index is 0.308. The van der Waals surface area contributed by atoms with Crippen molar-refractivity contribution in [3.8, 4) is 5.75 Å². The minimum Gasteiger partial charge on any atom is -0.507 e. The van der Waals surface area contributed by atoms with Crippen LogP contribution < -0.4 is 10.7 Å². The van der Waals surface area contributed by atoms with E-state index >= 15 is 0 Å². The first-order valence-corrected chi connectivity index (χ1v) is 6.99. The van der Waals surface area contributed by atoms with Crippen molar-refractivity contribution in [1.82, 2.24) is 0 Å². The second-order valence-corrected chi connectivity index (χ2v) is 5.49. The van der Waals surface area contributed by atoms with Gasteiger partial charge >= 0.3 is 0 Å². The summed E-state index contributed by atoms with van der Waals surface area (Å²) in [6.07, 6.45) is 4.77. The Morgan fingerprint density at radius 1 is 0.947 bits per heavy atom. The van der Waals surface area contributed by atoms with Crippen molar-refractivity contribution in [2.75, 3.05) is 0 Å². The molecule has 1 fully saturated rings. The van der Waals surface area contributed by atoms with Gasteiger partial charge < -0.3 is 5.11 Å². The largest absolute Gasteiger partial charge is 0.507 e. The molecule has 0 saturated heterocycles. The second-order valence-electron chi connectivity index (χ2n) is 5.49. The van der Waals surface area contributed by atoms with Gasteiger partial charge in [0.05, 0.1) is 22.8 Å². The Morgan fingerprint density at radius 2 is 1.63 bits per heavy atom. The van der Waals surface area contributed by atoms with Crippen LogP contribution in [0.2, 0.25) is 0 Å². The summed E-state index contributed by atoms with van der Waals surface area (Å²) in [5, 5.41) is 13.8. The van der Waals surface area contributed by atoms with Gasteiger partial charge in [-0.1, -0.05) is 37.1 Å². The molecule has 1 aliphatic heterocycles. The highest BCUT2D eigenvalue weighted by molar-refractivity contribution is 5.87. The van der Waals surface area contributed by atoms with Gasteiger partial charge in [-0.25, -0.2) is 0 Å². The lowest BCUT2D eigenvalue weighted by Crippen LogP contribution is -2.41. The third kappa shape index (κ3) is 1.65. The topological polar surface area (TPSA) is 45.0 Å². The maximum Gasteiger partial charge on any atom is 0.125 e. The third-order valence-electron chi connectivity index (χ3n) is 4.27. The molecule has 1 heterocycles. The number of phenolic OH excluding ortho intramolecular Hbond substituents is 1. The molecule has 2 aliphatic rings.